The first-order chi connectivity index (χ1) is 9.69. The third-order valence-corrected chi connectivity index (χ3v) is 5.16. The van der Waals surface area contributed by atoms with Gasteiger partial charge in [-0.2, -0.15) is 0 Å². The molecule has 0 amide bonds. The first-order valence-electron chi connectivity index (χ1n) is 7.47. The van der Waals surface area contributed by atoms with E-state index in [0.29, 0.717) is 18.4 Å². The van der Waals surface area contributed by atoms with Gasteiger partial charge in [0.05, 0.1) is 6.10 Å². The SMILES string of the molecule is CC(=O)O[C@@H]1CCC2=CC(=O)C(=C(C)C)[C@H](O)[C@]2(C)[C@H]1C. The highest BCUT2D eigenvalue weighted by Gasteiger charge is 2.52. The van der Waals surface area contributed by atoms with E-state index in [-0.39, 0.29) is 23.8 Å². The van der Waals surface area contributed by atoms with Gasteiger partial charge in [-0.1, -0.05) is 25.0 Å². The minimum atomic E-state index is -0.844. The fraction of sp³-hybridized carbons (Fsp3) is 0.647. The third-order valence-electron chi connectivity index (χ3n) is 5.16. The van der Waals surface area contributed by atoms with Gasteiger partial charge in [0.15, 0.2) is 5.78 Å². The maximum Gasteiger partial charge on any atom is 0.302 e. The molecule has 4 atom stereocenters. The predicted molar refractivity (Wildman–Crippen MR) is 79.5 cm³/mol. The van der Waals surface area contributed by atoms with Crippen molar-refractivity contribution in [3.63, 3.8) is 0 Å². The van der Waals surface area contributed by atoms with Crippen LogP contribution in [0.2, 0.25) is 0 Å². The summed E-state index contributed by atoms with van der Waals surface area (Å²) in [5.41, 5.74) is 1.74. The summed E-state index contributed by atoms with van der Waals surface area (Å²) in [6, 6.07) is 0. The van der Waals surface area contributed by atoms with Crippen LogP contribution in [0.3, 0.4) is 0 Å². The Labute approximate surface area is 125 Å². The highest BCUT2D eigenvalue weighted by atomic mass is 16.5. The smallest absolute Gasteiger partial charge is 0.302 e. The highest BCUT2D eigenvalue weighted by molar-refractivity contribution is 6.07. The van der Waals surface area contributed by atoms with Crippen molar-refractivity contribution >= 4 is 11.8 Å². The molecular formula is C17H24O4. The van der Waals surface area contributed by atoms with Crippen LogP contribution in [0.5, 0.6) is 0 Å². The van der Waals surface area contributed by atoms with Gasteiger partial charge < -0.3 is 9.84 Å². The van der Waals surface area contributed by atoms with Gasteiger partial charge >= 0.3 is 5.97 Å². The second-order valence-electron chi connectivity index (χ2n) is 6.61. The summed E-state index contributed by atoms with van der Waals surface area (Å²) in [7, 11) is 0. The average molecular weight is 292 g/mol. The van der Waals surface area contributed by atoms with Crippen LogP contribution in [0.4, 0.5) is 0 Å². The molecule has 116 valence electrons. The summed E-state index contributed by atoms with van der Waals surface area (Å²) in [6.07, 6.45) is 1.99. The van der Waals surface area contributed by atoms with Crippen molar-refractivity contribution in [3.8, 4) is 0 Å². The maximum absolute atomic E-state index is 12.2. The van der Waals surface area contributed by atoms with E-state index >= 15 is 0 Å². The molecule has 1 fully saturated rings. The van der Waals surface area contributed by atoms with Crippen molar-refractivity contribution in [3.05, 3.63) is 22.8 Å². The second kappa shape index (κ2) is 5.41. The van der Waals surface area contributed by atoms with Crippen molar-refractivity contribution in [2.45, 2.75) is 59.7 Å². The zero-order valence-electron chi connectivity index (χ0n) is 13.4. The van der Waals surface area contributed by atoms with Crippen molar-refractivity contribution in [2.75, 3.05) is 0 Å². The number of ether oxygens (including phenoxy) is 1. The number of ketones is 1. The van der Waals surface area contributed by atoms with E-state index in [9.17, 15) is 14.7 Å². The number of aliphatic hydroxyl groups is 1. The lowest BCUT2D eigenvalue weighted by molar-refractivity contribution is -0.155. The van der Waals surface area contributed by atoms with Gasteiger partial charge in [0, 0.05) is 23.8 Å². The Hall–Kier alpha value is -1.42. The third kappa shape index (κ3) is 2.46. The van der Waals surface area contributed by atoms with Crippen LogP contribution in [-0.4, -0.2) is 29.1 Å². The van der Waals surface area contributed by atoms with Crippen LogP contribution in [0.15, 0.2) is 22.8 Å². The van der Waals surface area contributed by atoms with Crippen molar-refractivity contribution in [1.29, 1.82) is 0 Å². The van der Waals surface area contributed by atoms with Gasteiger partial charge in [0.25, 0.3) is 0 Å². The molecular weight excluding hydrogens is 268 g/mol. The quantitative estimate of drug-likeness (QED) is 0.596. The number of rotatable bonds is 1. The molecule has 0 saturated heterocycles. The zero-order chi connectivity index (χ0) is 15.9. The molecule has 4 heteroatoms. The van der Waals surface area contributed by atoms with Crippen LogP contribution >= 0.6 is 0 Å². The Bertz CT molecular complexity index is 539. The number of hydrogen-bond acceptors (Lipinski definition) is 4. The molecule has 21 heavy (non-hydrogen) atoms. The number of carbonyl (C=O) groups excluding carboxylic acids is 2. The molecule has 1 N–H and O–H groups in total. The van der Waals surface area contributed by atoms with Crippen LogP contribution in [0.25, 0.3) is 0 Å². The fourth-order valence-corrected chi connectivity index (χ4v) is 3.71. The van der Waals surface area contributed by atoms with Crippen LogP contribution in [-0.2, 0) is 14.3 Å². The molecule has 0 aliphatic heterocycles. The Kier molecular flexibility index (Phi) is 4.11. The largest absolute Gasteiger partial charge is 0.462 e. The Morgan fingerprint density at radius 1 is 1.38 bits per heavy atom. The monoisotopic (exact) mass is 292 g/mol. The van der Waals surface area contributed by atoms with E-state index in [4.69, 9.17) is 4.74 Å². The summed E-state index contributed by atoms with van der Waals surface area (Å²) in [4.78, 5) is 23.5. The first-order valence-corrected chi connectivity index (χ1v) is 7.47. The molecule has 2 rings (SSSR count). The summed E-state index contributed by atoms with van der Waals surface area (Å²) >= 11 is 0. The van der Waals surface area contributed by atoms with Crippen molar-refractivity contribution in [2.24, 2.45) is 11.3 Å². The molecule has 0 spiro atoms. The number of esters is 1. The van der Waals surface area contributed by atoms with Gasteiger partial charge in [0.1, 0.15) is 6.10 Å². The normalized spacial score (nSPS) is 35.9. The topological polar surface area (TPSA) is 63.6 Å². The minimum absolute atomic E-state index is 0.0427. The van der Waals surface area contributed by atoms with Gasteiger partial charge in [-0.15, -0.1) is 0 Å². The Morgan fingerprint density at radius 3 is 2.52 bits per heavy atom. The number of allylic oxidation sites excluding steroid dienone is 2. The Morgan fingerprint density at radius 2 is 2.00 bits per heavy atom. The number of fused-ring (bicyclic) bond motifs is 1. The van der Waals surface area contributed by atoms with E-state index in [1.165, 1.54) is 6.92 Å². The number of aliphatic hydroxyl groups excluding tert-OH is 1. The van der Waals surface area contributed by atoms with E-state index < -0.39 is 11.5 Å². The first kappa shape index (κ1) is 16.0. The molecule has 1 saturated carbocycles. The molecule has 0 bridgehead atoms. The standard InChI is InChI=1S/C17H24O4/c1-9(2)15-13(19)8-12-6-7-14(21-11(4)18)10(3)17(12,5)16(15)20/h8,10,14,16,20H,6-7H2,1-5H3/t10-,14+,16-,17+/m0/s1. The molecule has 0 unspecified atom stereocenters. The molecule has 2 aliphatic rings. The summed E-state index contributed by atoms with van der Waals surface area (Å²) in [6.45, 7) is 9.05. The molecule has 0 radical (unpaired) electrons. The van der Waals surface area contributed by atoms with Crippen molar-refractivity contribution in [1.82, 2.24) is 0 Å². The molecule has 4 nitrogen and oxygen atoms in total. The van der Waals surface area contributed by atoms with E-state index in [1.54, 1.807) is 6.08 Å². The molecule has 0 aromatic heterocycles. The van der Waals surface area contributed by atoms with E-state index in [0.717, 1.165) is 11.1 Å². The van der Waals surface area contributed by atoms with Crippen molar-refractivity contribution < 1.29 is 19.4 Å². The maximum atomic E-state index is 12.2. The fourth-order valence-electron chi connectivity index (χ4n) is 3.71. The second-order valence-corrected chi connectivity index (χ2v) is 6.61. The Balaban J connectivity index is 2.47. The predicted octanol–water partition coefficient (Wildman–Crippen LogP) is 2.56. The highest BCUT2D eigenvalue weighted by Crippen LogP contribution is 2.52. The lowest BCUT2D eigenvalue weighted by Crippen LogP contribution is -2.52. The summed E-state index contributed by atoms with van der Waals surface area (Å²) in [5, 5.41) is 10.8. The van der Waals surface area contributed by atoms with Crippen LogP contribution < -0.4 is 0 Å². The van der Waals surface area contributed by atoms with E-state index in [1.807, 2.05) is 27.7 Å². The molecule has 2 aliphatic carbocycles. The zero-order valence-corrected chi connectivity index (χ0v) is 13.4. The summed E-state index contributed by atoms with van der Waals surface area (Å²) < 4.78 is 5.41. The summed E-state index contributed by atoms with van der Waals surface area (Å²) in [5.74, 6) is -0.432. The molecule has 0 aromatic carbocycles. The van der Waals surface area contributed by atoms with Gasteiger partial charge in [-0.25, -0.2) is 0 Å². The van der Waals surface area contributed by atoms with Gasteiger partial charge in [0.2, 0.25) is 0 Å². The van der Waals surface area contributed by atoms with Crippen LogP contribution in [0.1, 0.15) is 47.5 Å². The van der Waals surface area contributed by atoms with E-state index in [2.05, 4.69) is 0 Å². The molecule has 0 aromatic rings. The van der Waals surface area contributed by atoms with Crippen LogP contribution in [0, 0.1) is 11.3 Å². The lowest BCUT2D eigenvalue weighted by atomic mass is 9.56. The number of carbonyl (C=O) groups is 2. The van der Waals surface area contributed by atoms with Gasteiger partial charge in [-0.05, 0) is 32.8 Å². The molecule has 0 heterocycles. The van der Waals surface area contributed by atoms with Gasteiger partial charge in [-0.3, -0.25) is 9.59 Å². The average Bonchev–Trinajstić information content (AvgIpc) is 2.36. The minimum Gasteiger partial charge on any atom is -0.462 e. The number of hydrogen-bond donors (Lipinski definition) is 1. The lowest BCUT2D eigenvalue weighted by Gasteiger charge is -2.50.